The first-order valence-corrected chi connectivity index (χ1v) is 17.0. The number of H-pyrrole nitrogens is 1. The van der Waals surface area contributed by atoms with Gasteiger partial charge in [0.25, 0.3) is 5.56 Å². The molecule has 1 aromatic heterocycles. The van der Waals surface area contributed by atoms with E-state index in [0.717, 1.165) is 12.8 Å². The Balaban J connectivity index is 1.71. The van der Waals surface area contributed by atoms with E-state index in [9.17, 15) is 9.59 Å². The molecule has 2 aliphatic heterocycles. The summed E-state index contributed by atoms with van der Waals surface area (Å²) in [5, 5.41) is -0.162. The molecular weight excluding hydrogens is 552 g/mol. The highest BCUT2D eigenvalue weighted by atomic mass is 32.1. The Bertz CT molecular complexity index is 1270. The lowest BCUT2D eigenvalue weighted by Crippen LogP contribution is -2.53. The molecule has 0 saturated carbocycles. The maximum Gasteiger partial charge on any atom is 0.358 e. The van der Waals surface area contributed by atoms with E-state index in [2.05, 4.69) is 38.8 Å². The maximum atomic E-state index is 13.0. The van der Waals surface area contributed by atoms with Crippen LogP contribution >= 0.6 is 12.2 Å². The molecule has 0 bridgehead atoms. The summed E-state index contributed by atoms with van der Waals surface area (Å²) in [6.07, 6.45) is 0.871. The normalized spacial score (nSPS) is 27.4. The fourth-order valence-corrected chi connectivity index (χ4v) is 5.80. The first-order valence-electron chi connectivity index (χ1n) is 13.6. The van der Waals surface area contributed by atoms with Gasteiger partial charge in [-0.2, -0.15) is 0 Å². The van der Waals surface area contributed by atoms with Crippen LogP contribution in [-0.2, 0) is 23.4 Å². The first kappa shape index (κ1) is 30.6. The predicted octanol–water partition coefficient (Wildman–Crippen LogP) is 4.51. The predicted molar refractivity (Wildman–Crippen MR) is 156 cm³/mol. The molecule has 12 heteroatoms. The number of rotatable bonds is 8. The van der Waals surface area contributed by atoms with Gasteiger partial charge in [-0.15, -0.1) is 0 Å². The molecule has 5 atom stereocenters. The molecular formula is C28H40N2O8SSi. The van der Waals surface area contributed by atoms with Crippen molar-refractivity contribution in [2.75, 3.05) is 13.2 Å². The summed E-state index contributed by atoms with van der Waals surface area (Å²) in [6.45, 7) is 13.3. The van der Waals surface area contributed by atoms with Crippen molar-refractivity contribution < 1.29 is 28.1 Å². The van der Waals surface area contributed by atoms with E-state index < -0.39 is 49.9 Å². The average molecular weight is 593 g/mol. The van der Waals surface area contributed by atoms with Crippen molar-refractivity contribution in [3.05, 3.63) is 63.4 Å². The van der Waals surface area contributed by atoms with Crippen LogP contribution in [0, 0.1) is 0 Å². The fraction of sp³-hybridized carbons (Fsp3) is 0.607. The largest absolute Gasteiger partial charge is 0.447 e. The molecule has 2 fully saturated rings. The number of aromatic amines is 1. The van der Waals surface area contributed by atoms with Gasteiger partial charge >= 0.3 is 10.9 Å². The van der Waals surface area contributed by atoms with Gasteiger partial charge in [-0.25, -0.2) is 4.79 Å². The van der Waals surface area contributed by atoms with Gasteiger partial charge in [0.1, 0.15) is 11.9 Å². The standard InChI is InChI=1S/C28H40N2O8SSi/c1-27(2,3)40(5,6)34-18-20-23(37-26(39)35-19-12-8-7-9-13-19)28(4,38-22-14-10-11-17-33-22)24(36-20)30-16-15-21(31)29-25(30)32/h7-9,12-13,15-16,20,22-24H,10-11,14,17-18H2,1-6H3,(H,29,31,32)/t20-,22?,23-,24-,28-/m1/s1. The summed E-state index contributed by atoms with van der Waals surface area (Å²) in [5.74, 6) is 0.520. The van der Waals surface area contributed by atoms with Crippen LogP contribution in [0.2, 0.25) is 18.1 Å². The van der Waals surface area contributed by atoms with E-state index in [0.29, 0.717) is 18.8 Å². The Morgan fingerprint density at radius 2 is 1.90 bits per heavy atom. The van der Waals surface area contributed by atoms with Crippen molar-refractivity contribution in [3.8, 4) is 5.75 Å². The molecule has 4 rings (SSSR count). The van der Waals surface area contributed by atoms with Crippen molar-refractivity contribution in [1.82, 2.24) is 9.55 Å². The monoisotopic (exact) mass is 592 g/mol. The summed E-state index contributed by atoms with van der Waals surface area (Å²) in [7, 11) is -2.19. The molecule has 1 N–H and O–H groups in total. The summed E-state index contributed by atoms with van der Waals surface area (Å²) in [4.78, 5) is 27.1. The van der Waals surface area contributed by atoms with Crippen molar-refractivity contribution in [2.24, 2.45) is 0 Å². The van der Waals surface area contributed by atoms with Crippen LogP contribution in [0.5, 0.6) is 5.75 Å². The van der Waals surface area contributed by atoms with Crippen LogP contribution in [-0.4, -0.2) is 60.4 Å². The van der Waals surface area contributed by atoms with E-state index in [1.54, 1.807) is 19.1 Å². The van der Waals surface area contributed by atoms with Gasteiger partial charge in [-0.1, -0.05) is 39.0 Å². The van der Waals surface area contributed by atoms with Crippen LogP contribution in [0.25, 0.3) is 0 Å². The topological polar surface area (TPSA) is 110 Å². The smallest absolute Gasteiger partial charge is 0.358 e. The minimum Gasteiger partial charge on any atom is -0.447 e. The lowest BCUT2D eigenvalue weighted by atomic mass is 9.95. The van der Waals surface area contributed by atoms with E-state index >= 15 is 0 Å². The molecule has 40 heavy (non-hydrogen) atoms. The second kappa shape index (κ2) is 12.3. The minimum absolute atomic E-state index is 0.0430. The molecule has 1 unspecified atom stereocenters. The minimum atomic E-state index is -2.19. The van der Waals surface area contributed by atoms with Crippen LogP contribution in [0.4, 0.5) is 0 Å². The molecule has 0 spiro atoms. The molecule has 1 aromatic carbocycles. The van der Waals surface area contributed by atoms with Gasteiger partial charge < -0.3 is 28.1 Å². The number of nitrogens with one attached hydrogen (secondary N) is 1. The number of hydrogen-bond acceptors (Lipinski definition) is 9. The van der Waals surface area contributed by atoms with E-state index in [4.69, 9.17) is 40.3 Å². The Labute approximate surface area is 241 Å². The van der Waals surface area contributed by atoms with E-state index in [1.807, 2.05) is 18.2 Å². The van der Waals surface area contributed by atoms with Gasteiger partial charge in [0.05, 0.1) is 6.61 Å². The van der Waals surface area contributed by atoms with Crippen LogP contribution in [0.3, 0.4) is 0 Å². The van der Waals surface area contributed by atoms with Crippen LogP contribution in [0.15, 0.2) is 52.2 Å². The summed E-state index contributed by atoms with van der Waals surface area (Å²) in [5.41, 5.74) is -2.43. The number of para-hydroxylation sites is 1. The van der Waals surface area contributed by atoms with E-state index in [1.165, 1.54) is 16.8 Å². The molecule has 2 aliphatic rings. The highest BCUT2D eigenvalue weighted by molar-refractivity contribution is 7.79. The lowest BCUT2D eigenvalue weighted by molar-refractivity contribution is -0.256. The summed E-state index contributed by atoms with van der Waals surface area (Å²) >= 11 is 5.51. The number of nitrogens with zero attached hydrogens (tertiary/aromatic N) is 1. The second-order valence-electron chi connectivity index (χ2n) is 11.9. The Morgan fingerprint density at radius 3 is 2.52 bits per heavy atom. The number of aromatic nitrogens is 2. The quantitative estimate of drug-likeness (QED) is 0.350. The third-order valence-corrected chi connectivity index (χ3v) is 12.6. The Morgan fingerprint density at radius 1 is 1.18 bits per heavy atom. The molecule has 0 amide bonds. The molecule has 10 nitrogen and oxygen atoms in total. The fourth-order valence-electron chi connectivity index (χ4n) is 4.59. The molecule has 3 heterocycles. The van der Waals surface area contributed by atoms with Gasteiger partial charge in [0.15, 0.2) is 32.5 Å². The highest BCUT2D eigenvalue weighted by Gasteiger charge is 2.60. The average Bonchev–Trinajstić information content (AvgIpc) is 3.14. The third-order valence-electron chi connectivity index (χ3n) is 7.91. The second-order valence-corrected chi connectivity index (χ2v) is 17.1. The van der Waals surface area contributed by atoms with Gasteiger partial charge in [0, 0.05) is 31.1 Å². The lowest BCUT2D eigenvalue weighted by Gasteiger charge is -2.39. The summed E-state index contributed by atoms with van der Waals surface area (Å²) < 4.78 is 39.0. The van der Waals surface area contributed by atoms with Crippen molar-refractivity contribution in [1.29, 1.82) is 0 Å². The zero-order valence-electron chi connectivity index (χ0n) is 24.0. The van der Waals surface area contributed by atoms with Gasteiger partial charge in [-0.05, 0) is 56.5 Å². The van der Waals surface area contributed by atoms with Gasteiger partial charge in [0.2, 0.25) is 0 Å². The maximum absolute atomic E-state index is 13.0. The summed E-state index contributed by atoms with van der Waals surface area (Å²) in [6, 6.07) is 10.3. The van der Waals surface area contributed by atoms with Crippen LogP contribution in [0.1, 0.15) is 53.2 Å². The molecule has 0 aliphatic carbocycles. The molecule has 220 valence electrons. The molecule has 0 radical (unpaired) electrons. The van der Waals surface area contributed by atoms with Crippen molar-refractivity contribution >= 4 is 25.8 Å². The SMILES string of the molecule is CC(C)(C)[Si](C)(C)OC[C@H]1O[C@@H](n2ccc(=O)[nH]c2=O)[C@](C)(OC2CCCCO2)[C@@H]1OC(=S)Oc1ccccc1. The molecule has 2 saturated heterocycles. The number of benzene rings is 1. The van der Waals surface area contributed by atoms with Crippen molar-refractivity contribution in [2.45, 2.75) is 95.4 Å². The molecule has 2 aromatic rings. The highest BCUT2D eigenvalue weighted by Crippen LogP contribution is 2.45. The number of thiocarbonyl (C=S) groups is 1. The van der Waals surface area contributed by atoms with E-state index in [-0.39, 0.29) is 16.9 Å². The number of ether oxygens (including phenoxy) is 5. The number of hydrogen-bond donors (Lipinski definition) is 1. The van der Waals surface area contributed by atoms with Gasteiger partial charge in [-0.3, -0.25) is 14.3 Å². The van der Waals surface area contributed by atoms with Crippen LogP contribution < -0.4 is 16.0 Å². The zero-order chi connectivity index (χ0) is 29.1. The Kier molecular flexibility index (Phi) is 9.37. The van der Waals surface area contributed by atoms with Crippen molar-refractivity contribution in [3.63, 3.8) is 0 Å². The third kappa shape index (κ3) is 6.92. The zero-order valence-corrected chi connectivity index (χ0v) is 25.8. The first-order chi connectivity index (χ1) is 18.8. The Hall–Kier alpha value is -2.35.